The summed E-state index contributed by atoms with van der Waals surface area (Å²) in [6.07, 6.45) is 1.54. The molecule has 0 unspecified atom stereocenters. The van der Waals surface area contributed by atoms with E-state index in [1.165, 1.54) is 20.5 Å². The van der Waals surface area contributed by atoms with Gasteiger partial charge in [-0.3, -0.25) is 18.7 Å². The molecular weight excluding hydrogens is 392 g/mol. The van der Waals surface area contributed by atoms with Crippen LogP contribution in [-0.4, -0.2) is 27.2 Å². The van der Waals surface area contributed by atoms with Crippen molar-refractivity contribution in [3.8, 4) is 6.07 Å². The van der Waals surface area contributed by atoms with Crippen LogP contribution in [0.25, 0.3) is 10.2 Å². The number of nitrogens with one attached hydrogen (secondary N) is 1. The van der Waals surface area contributed by atoms with Gasteiger partial charge < -0.3 is 10.1 Å². The number of esters is 1. The molecule has 1 saturated carbocycles. The number of ether oxygens (including phenoxy) is 1. The summed E-state index contributed by atoms with van der Waals surface area (Å²) in [6, 6.07) is 2.02. The average molecular weight is 419 g/mol. The summed E-state index contributed by atoms with van der Waals surface area (Å²) in [4.78, 5) is 39.3. The van der Waals surface area contributed by atoms with Gasteiger partial charge >= 0.3 is 11.7 Å². The second-order valence-electron chi connectivity index (χ2n) is 8.68. The summed E-state index contributed by atoms with van der Waals surface area (Å²) in [5.41, 5.74) is -0.978. The van der Waals surface area contributed by atoms with Gasteiger partial charge in [-0.15, -0.1) is 11.3 Å². The van der Waals surface area contributed by atoms with Gasteiger partial charge in [-0.25, -0.2) is 4.79 Å². The van der Waals surface area contributed by atoms with Crippen LogP contribution in [0, 0.1) is 18.3 Å². The Labute approximate surface area is 172 Å². The lowest BCUT2D eigenvalue weighted by atomic mass is 10.2. The monoisotopic (exact) mass is 418 g/mol. The number of aryl methyl sites for hydroxylation is 1. The highest BCUT2D eigenvalue weighted by atomic mass is 32.1. The van der Waals surface area contributed by atoms with Gasteiger partial charge in [-0.2, -0.15) is 5.26 Å². The van der Waals surface area contributed by atoms with Crippen molar-refractivity contribution < 1.29 is 9.53 Å². The lowest BCUT2D eigenvalue weighted by molar-refractivity contribution is -0.153. The first-order valence-corrected chi connectivity index (χ1v) is 10.4. The van der Waals surface area contributed by atoms with E-state index in [0.29, 0.717) is 16.8 Å². The lowest BCUT2D eigenvalue weighted by Gasteiger charge is -2.19. The van der Waals surface area contributed by atoms with Gasteiger partial charge in [0.2, 0.25) is 0 Å². The number of carbonyl (C=O) groups excluding carboxylic acids is 1. The van der Waals surface area contributed by atoms with Crippen LogP contribution in [0.5, 0.6) is 0 Å². The van der Waals surface area contributed by atoms with Crippen LogP contribution in [0.2, 0.25) is 0 Å². The van der Waals surface area contributed by atoms with Crippen molar-refractivity contribution >= 4 is 27.5 Å². The minimum Gasteiger partial charge on any atom is -0.459 e. The molecule has 0 amide bonds. The molecule has 156 valence electrons. The summed E-state index contributed by atoms with van der Waals surface area (Å²) in [6.45, 7) is 9.44. The maximum atomic E-state index is 13.1. The molecule has 0 aromatic carbocycles. The Morgan fingerprint density at radius 3 is 2.55 bits per heavy atom. The number of aromatic nitrogens is 2. The van der Waals surface area contributed by atoms with E-state index in [4.69, 9.17) is 4.74 Å². The van der Waals surface area contributed by atoms with E-state index in [2.05, 4.69) is 5.32 Å². The van der Waals surface area contributed by atoms with E-state index in [1.807, 2.05) is 19.9 Å². The molecule has 1 aliphatic carbocycles. The smallest absolute Gasteiger partial charge is 0.333 e. The van der Waals surface area contributed by atoms with Gasteiger partial charge in [0.15, 0.2) is 0 Å². The molecule has 0 atom stereocenters. The molecule has 29 heavy (non-hydrogen) atoms. The normalized spacial score (nSPS) is 15.3. The Morgan fingerprint density at radius 1 is 1.34 bits per heavy atom. The topological polar surface area (TPSA) is 106 Å². The minimum absolute atomic E-state index is 0.0399. The number of nitriles is 1. The van der Waals surface area contributed by atoms with Crippen LogP contribution >= 0.6 is 11.3 Å². The molecule has 2 aromatic heterocycles. The summed E-state index contributed by atoms with van der Waals surface area (Å²) >= 11 is 1.31. The van der Waals surface area contributed by atoms with Crippen LogP contribution in [0.1, 0.15) is 51.0 Å². The maximum Gasteiger partial charge on any atom is 0.333 e. The average Bonchev–Trinajstić information content (AvgIpc) is 3.24. The zero-order valence-corrected chi connectivity index (χ0v) is 18.2. The number of hydrogen-bond acceptors (Lipinski definition) is 7. The second kappa shape index (κ2) is 7.43. The van der Waals surface area contributed by atoms with Crippen molar-refractivity contribution in [3.05, 3.63) is 31.3 Å². The van der Waals surface area contributed by atoms with Gasteiger partial charge in [0.05, 0.1) is 23.5 Å². The fourth-order valence-corrected chi connectivity index (χ4v) is 4.57. The van der Waals surface area contributed by atoms with Gasteiger partial charge in [-0.05, 0) is 53.0 Å². The van der Waals surface area contributed by atoms with Crippen molar-refractivity contribution in [1.82, 2.24) is 14.5 Å². The number of carbonyl (C=O) groups is 1. The van der Waals surface area contributed by atoms with Gasteiger partial charge in [0.25, 0.3) is 5.56 Å². The molecule has 0 saturated heterocycles. The number of thiophene rings is 1. The van der Waals surface area contributed by atoms with Crippen molar-refractivity contribution in [2.45, 2.75) is 71.7 Å². The molecule has 3 rings (SSSR count). The molecule has 1 fully saturated rings. The quantitative estimate of drug-likeness (QED) is 0.719. The van der Waals surface area contributed by atoms with Crippen molar-refractivity contribution in [3.63, 3.8) is 0 Å². The van der Waals surface area contributed by atoms with Crippen LogP contribution in [-0.2, 0) is 28.2 Å². The van der Waals surface area contributed by atoms with Crippen LogP contribution in [0.4, 0.5) is 0 Å². The van der Waals surface area contributed by atoms with E-state index in [1.54, 1.807) is 20.8 Å². The Bertz CT molecular complexity index is 1120. The van der Waals surface area contributed by atoms with Gasteiger partial charge in [0, 0.05) is 11.4 Å². The van der Waals surface area contributed by atoms with Crippen LogP contribution in [0.15, 0.2) is 9.59 Å². The molecule has 2 heterocycles. The fraction of sp³-hybridized carbons (Fsp3) is 0.600. The number of fused-ring (bicyclic) bond motifs is 1. The van der Waals surface area contributed by atoms with Crippen LogP contribution in [0.3, 0.4) is 0 Å². The molecule has 2 aromatic rings. The predicted octanol–water partition coefficient (Wildman–Crippen LogP) is 2.00. The third-order valence-electron chi connectivity index (χ3n) is 5.03. The van der Waals surface area contributed by atoms with Crippen molar-refractivity contribution in [2.24, 2.45) is 0 Å². The number of hydrogen-bond donors (Lipinski definition) is 1. The first-order valence-electron chi connectivity index (χ1n) is 9.56. The zero-order valence-electron chi connectivity index (χ0n) is 17.4. The molecule has 0 radical (unpaired) electrons. The van der Waals surface area contributed by atoms with Crippen molar-refractivity contribution in [2.75, 3.05) is 6.54 Å². The largest absolute Gasteiger partial charge is 0.459 e. The predicted molar refractivity (Wildman–Crippen MR) is 111 cm³/mol. The third-order valence-corrected chi connectivity index (χ3v) is 6.34. The van der Waals surface area contributed by atoms with E-state index >= 15 is 0 Å². The highest BCUT2D eigenvalue weighted by Crippen LogP contribution is 2.41. The maximum absolute atomic E-state index is 13.1. The summed E-state index contributed by atoms with van der Waals surface area (Å²) in [5, 5.41) is 12.7. The third kappa shape index (κ3) is 4.14. The van der Waals surface area contributed by atoms with Gasteiger partial charge in [0.1, 0.15) is 17.0 Å². The van der Waals surface area contributed by atoms with Crippen molar-refractivity contribution in [1.29, 1.82) is 5.26 Å². The Morgan fingerprint density at radius 2 is 2.00 bits per heavy atom. The summed E-state index contributed by atoms with van der Waals surface area (Å²) < 4.78 is 7.97. The second-order valence-corrected chi connectivity index (χ2v) is 9.77. The molecule has 0 spiro atoms. The van der Waals surface area contributed by atoms with E-state index in [0.717, 1.165) is 23.3 Å². The fourth-order valence-electron chi connectivity index (χ4n) is 3.31. The first-order chi connectivity index (χ1) is 13.5. The molecule has 8 nitrogen and oxygen atoms in total. The molecule has 0 aliphatic heterocycles. The first kappa shape index (κ1) is 21.3. The molecule has 0 bridgehead atoms. The molecule has 9 heteroatoms. The Kier molecular flexibility index (Phi) is 5.45. The Balaban J connectivity index is 1.97. The number of rotatable bonds is 6. The molecule has 1 aliphatic rings. The van der Waals surface area contributed by atoms with E-state index < -0.39 is 16.8 Å². The Hall–Kier alpha value is -2.44. The standard InChI is InChI=1S/C20H26N4O4S/c1-12-13(10-22-11-14(25)28-19(2,3)4)29-17-15(12)16(26)24(20(5)6-7-20)18(27)23(17)9-8-21/h22H,6-7,9-11H2,1-5H3. The highest BCUT2D eigenvalue weighted by molar-refractivity contribution is 7.18. The lowest BCUT2D eigenvalue weighted by Crippen LogP contribution is -2.44. The summed E-state index contributed by atoms with van der Waals surface area (Å²) in [5.74, 6) is -0.360. The van der Waals surface area contributed by atoms with E-state index in [-0.39, 0.29) is 24.6 Å². The summed E-state index contributed by atoms with van der Waals surface area (Å²) in [7, 11) is 0. The highest BCUT2D eigenvalue weighted by Gasteiger charge is 2.43. The SMILES string of the molecule is Cc1c(CNCC(=O)OC(C)(C)C)sc2c1c(=O)n(C1(C)CC1)c(=O)n2CC#N. The minimum atomic E-state index is -0.552. The van der Waals surface area contributed by atoms with Crippen LogP contribution < -0.4 is 16.6 Å². The molecule has 1 N–H and O–H groups in total. The van der Waals surface area contributed by atoms with E-state index in [9.17, 15) is 19.6 Å². The number of nitrogens with zero attached hydrogens (tertiary/aromatic N) is 3. The van der Waals surface area contributed by atoms with Gasteiger partial charge in [-0.1, -0.05) is 0 Å². The molecular formula is C20H26N4O4S. The zero-order chi connectivity index (χ0) is 21.6.